The van der Waals surface area contributed by atoms with E-state index in [1.54, 1.807) is 0 Å². The molecule has 0 radical (unpaired) electrons. The maximum atomic E-state index is 9.03. The van der Waals surface area contributed by atoms with Crippen molar-refractivity contribution in [2.24, 2.45) is 0 Å². The van der Waals surface area contributed by atoms with Crippen LogP contribution in [0.25, 0.3) is 0 Å². The van der Waals surface area contributed by atoms with Gasteiger partial charge in [0.05, 0.1) is 0 Å². The average molecular weight is 286 g/mol. The predicted molar refractivity (Wildman–Crippen MR) is 62.6 cm³/mol. The lowest BCUT2D eigenvalue weighted by Crippen LogP contribution is -2.02. The quantitative estimate of drug-likeness (QED) is 0.653. The van der Waals surface area contributed by atoms with Gasteiger partial charge < -0.3 is 5.11 Å². The van der Waals surface area contributed by atoms with Crippen LogP contribution in [-0.2, 0) is 0 Å². The molecule has 1 atom stereocenters. The van der Waals surface area contributed by atoms with Gasteiger partial charge in [0.25, 0.3) is 0 Å². The van der Waals surface area contributed by atoms with Crippen LogP contribution in [0.1, 0.15) is 24.0 Å². The second kappa shape index (κ2) is 4.64. The van der Waals surface area contributed by atoms with Crippen molar-refractivity contribution in [1.82, 2.24) is 0 Å². The third-order valence-electron chi connectivity index (χ3n) is 1.99. The first kappa shape index (κ1) is 10.6. The molecule has 0 amide bonds. The Labute approximate surface area is 92.3 Å². The molecular formula is C11H11IO. The highest BCUT2D eigenvalue weighted by molar-refractivity contribution is 14.1. The molecule has 0 aliphatic rings. The summed E-state index contributed by atoms with van der Waals surface area (Å²) < 4.78 is 1.07. The van der Waals surface area contributed by atoms with Crippen LogP contribution in [0.4, 0.5) is 0 Å². The Morgan fingerprint density at radius 2 is 2.31 bits per heavy atom. The highest BCUT2D eigenvalue weighted by Gasteiger charge is 2.09. The van der Waals surface area contributed by atoms with Gasteiger partial charge in [-0.3, -0.25) is 0 Å². The Morgan fingerprint density at radius 1 is 1.62 bits per heavy atom. The van der Waals surface area contributed by atoms with E-state index in [2.05, 4.69) is 28.5 Å². The fourth-order valence-corrected chi connectivity index (χ4v) is 1.88. The summed E-state index contributed by atoms with van der Waals surface area (Å²) in [6.45, 7) is 2.10. The van der Waals surface area contributed by atoms with E-state index in [1.165, 1.54) is 0 Å². The van der Waals surface area contributed by atoms with Crippen LogP contribution in [0.3, 0.4) is 0 Å². The molecule has 0 spiro atoms. The summed E-state index contributed by atoms with van der Waals surface area (Å²) in [7, 11) is 0. The Balaban J connectivity index is 3.22. The maximum absolute atomic E-state index is 9.03. The van der Waals surface area contributed by atoms with Crippen molar-refractivity contribution in [1.29, 1.82) is 0 Å². The molecule has 0 aliphatic heterocycles. The summed E-state index contributed by atoms with van der Waals surface area (Å²) >= 11 is 2.21. The van der Waals surface area contributed by atoms with Gasteiger partial charge in [-0.1, -0.05) is 25.0 Å². The van der Waals surface area contributed by atoms with Crippen molar-refractivity contribution < 1.29 is 5.11 Å². The third kappa shape index (κ3) is 2.23. The molecule has 0 saturated heterocycles. The van der Waals surface area contributed by atoms with Gasteiger partial charge in [0.2, 0.25) is 0 Å². The highest BCUT2D eigenvalue weighted by atomic mass is 127. The van der Waals surface area contributed by atoms with E-state index >= 15 is 0 Å². The zero-order chi connectivity index (χ0) is 9.84. The normalized spacial score (nSPS) is 12.2. The molecule has 1 aromatic carbocycles. The average Bonchev–Trinajstić information content (AvgIpc) is 2.16. The van der Waals surface area contributed by atoms with E-state index in [1.807, 2.05) is 25.1 Å². The van der Waals surface area contributed by atoms with Gasteiger partial charge in [-0.05, 0) is 34.2 Å². The first-order valence-electron chi connectivity index (χ1n) is 4.06. The number of hydrogen-bond donors (Lipinski definition) is 1. The van der Waals surface area contributed by atoms with Gasteiger partial charge in [0.1, 0.15) is 0 Å². The summed E-state index contributed by atoms with van der Waals surface area (Å²) in [4.78, 5) is 0. The molecule has 0 aromatic heterocycles. The standard InChI is InChI=1S/C11H11IO/c1-3-9-10(8(2)7-13)5-4-6-11(9)12/h1,4-6,8,13H,7H2,2H3. The lowest BCUT2D eigenvalue weighted by molar-refractivity contribution is 0.273. The minimum atomic E-state index is 0.112. The molecule has 1 rings (SSSR count). The number of aliphatic hydroxyl groups excluding tert-OH is 1. The van der Waals surface area contributed by atoms with E-state index in [9.17, 15) is 0 Å². The van der Waals surface area contributed by atoms with Crippen molar-refractivity contribution in [3.05, 3.63) is 32.9 Å². The van der Waals surface area contributed by atoms with Crippen molar-refractivity contribution in [2.45, 2.75) is 12.8 Å². The van der Waals surface area contributed by atoms with Gasteiger partial charge in [-0.2, -0.15) is 0 Å². The van der Waals surface area contributed by atoms with Crippen molar-refractivity contribution in [3.8, 4) is 12.3 Å². The SMILES string of the molecule is C#Cc1c(I)cccc1C(C)CO. The zero-order valence-electron chi connectivity index (χ0n) is 7.42. The monoisotopic (exact) mass is 286 g/mol. The highest BCUT2D eigenvalue weighted by Crippen LogP contribution is 2.22. The summed E-state index contributed by atoms with van der Waals surface area (Å²) in [5, 5.41) is 9.03. The van der Waals surface area contributed by atoms with Crippen molar-refractivity contribution in [3.63, 3.8) is 0 Å². The molecule has 0 fully saturated rings. The molecule has 0 bridgehead atoms. The van der Waals surface area contributed by atoms with E-state index in [-0.39, 0.29) is 12.5 Å². The molecule has 13 heavy (non-hydrogen) atoms. The van der Waals surface area contributed by atoms with E-state index < -0.39 is 0 Å². The number of aliphatic hydroxyl groups is 1. The second-order valence-corrected chi connectivity index (χ2v) is 4.09. The molecule has 0 saturated carbocycles. The van der Waals surface area contributed by atoms with Crippen LogP contribution in [0.5, 0.6) is 0 Å². The molecule has 68 valence electrons. The fourth-order valence-electron chi connectivity index (χ4n) is 1.20. The Bertz CT molecular complexity index is 338. The van der Waals surface area contributed by atoms with Crippen LogP contribution in [0.2, 0.25) is 0 Å². The number of rotatable bonds is 2. The molecule has 1 aromatic rings. The summed E-state index contributed by atoms with van der Waals surface area (Å²) in [6, 6.07) is 5.91. The minimum Gasteiger partial charge on any atom is -0.396 e. The van der Waals surface area contributed by atoms with E-state index in [0.717, 1.165) is 14.7 Å². The smallest absolute Gasteiger partial charge is 0.0497 e. The molecule has 1 unspecified atom stereocenters. The first-order chi connectivity index (χ1) is 6.20. The topological polar surface area (TPSA) is 20.2 Å². The number of benzene rings is 1. The lowest BCUT2D eigenvalue weighted by Gasteiger charge is -2.11. The van der Waals surface area contributed by atoms with Crippen molar-refractivity contribution in [2.75, 3.05) is 6.61 Å². The Hall–Kier alpha value is -0.530. The first-order valence-corrected chi connectivity index (χ1v) is 5.14. The van der Waals surface area contributed by atoms with Crippen LogP contribution in [-0.4, -0.2) is 11.7 Å². The second-order valence-electron chi connectivity index (χ2n) is 2.93. The molecule has 1 nitrogen and oxygen atoms in total. The van der Waals surface area contributed by atoms with Crippen molar-refractivity contribution >= 4 is 22.6 Å². The van der Waals surface area contributed by atoms with Gasteiger partial charge in [0, 0.05) is 21.7 Å². The van der Waals surface area contributed by atoms with Gasteiger partial charge in [-0.15, -0.1) is 6.42 Å². The van der Waals surface area contributed by atoms with Crippen LogP contribution in [0.15, 0.2) is 18.2 Å². The summed E-state index contributed by atoms with van der Waals surface area (Å²) in [6.07, 6.45) is 5.41. The van der Waals surface area contributed by atoms with Crippen LogP contribution < -0.4 is 0 Å². The van der Waals surface area contributed by atoms with Crippen LogP contribution >= 0.6 is 22.6 Å². The predicted octanol–water partition coefficient (Wildman–Crippen LogP) is 2.37. The molecule has 1 N–H and O–H groups in total. The van der Waals surface area contributed by atoms with E-state index in [4.69, 9.17) is 11.5 Å². The molecule has 0 aliphatic carbocycles. The number of terminal acetylenes is 1. The molecule has 0 heterocycles. The third-order valence-corrected chi connectivity index (χ3v) is 2.89. The number of hydrogen-bond acceptors (Lipinski definition) is 1. The Kier molecular flexibility index (Phi) is 3.76. The molecule has 2 heteroatoms. The van der Waals surface area contributed by atoms with Crippen LogP contribution in [0, 0.1) is 15.9 Å². The van der Waals surface area contributed by atoms with Gasteiger partial charge in [-0.25, -0.2) is 0 Å². The largest absolute Gasteiger partial charge is 0.396 e. The number of halogens is 1. The van der Waals surface area contributed by atoms with Gasteiger partial charge >= 0.3 is 0 Å². The van der Waals surface area contributed by atoms with E-state index in [0.29, 0.717) is 0 Å². The summed E-state index contributed by atoms with van der Waals surface area (Å²) in [5.41, 5.74) is 1.96. The van der Waals surface area contributed by atoms with Gasteiger partial charge in [0.15, 0.2) is 0 Å². The lowest BCUT2D eigenvalue weighted by atomic mass is 9.97. The maximum Gasteiger partial charge on any atom is 0.0497 e. The summed E-state index contributed by atoms with van der Waals surface area (Å²) in [5.74, 6) is 2.77. The molecular weight excluding hydrogens is 275 g/mol. The minimum absolute atomic E-state index is 0.112. The zero-order valence-corrected chi connectivity index (χ0v) is 9.58. The Morgan fingerprint density at radius 3 is 2.85 bits per heavy atom. The fraction of sp³-hybridized carbons (Fsp3) is 0.273.